The fourth-order valence-electron chi connectivity index (χ4n) is 1.38. The molecule has 1 aliphatic rings. The maximum Gasteiger partial charge on any atom is 0.0789 e. The number of hydrogen-bond acceptors (Lipinski definition) is 3. The predicted octanol–water partition coefficient (Wildman–Crippen LogP) is 0.730. The Hall–Kier alpha value is 0.270. The molecule has 0 saturated carbocycles. The van der Waals surface area contributed by atoms with E-state index in [9.17, 15) is 0 Å². The van der Waals surface area contributed by atoms with Crippen LogP contribution in [0.2, 0.25) is 0 Å². The summed E-state index contributed by atoms with van der Waals surface area (Å²) >= 11 is 2.00. The van der Waals surface area contributed by atoms with Gasteiger partial charge >= 0.3 is 0 Å². The SMILES string of the molecule is CN(C)C1(CN)CCCS1. The van der Waals surface area contributed by atoms with Crippen molar-refractivity contribution >= 4 is 11.8 Å². The van der Waals surface area contributed by atoms with Crippen LogP contribution in [-0.2, 0) is 0 Å². The normalized spacial score (nSPS) is 33.6. The minimum Gasteiger partial charge on any atom is -0.328 e. The number of thioether (sulfide) groups is 1. The molecule has 0 aliphatic carbocycles. The summed E-state index contributed by atoms with van der Waals surface area (Å²) in [5.74, 6) is 1.27. The largest absolute Gasteiger partial charge is 0.328 e. The van der Waals surface area contributed by atoms with Crippen LogP contribution in [0.15, 0.2) is 0 Å². The van der Waals surface area contributed by atoms with Crippen LogP contribution in [0.4, 0.5) is 0 Å². The summed E-state index contributed by atoms with van der Waals surface area (Å²) in [7, 11) is 4.23. The minimum atomic E-state index is 0.264. The van der Waals surface area contributed by atoms with E-state index in [0.29, 0.717) is 0 Å². The summed E-state index contributed by atoms with van der Waals surface area (Å²) in [5, 5.41) is 0. The van der Waals surface area contributed by atoms with E-state index >= 15 is 0 Å². The highest BCUT2D eigenvalue weighted by molar-refractivity contribution is 8.00. The lowest BCUT2D eigenvalue weighted by atomic mass is 10.1. The highest BCUT2D eigenvalue weighted by Gasteiger charge is 2.34. The Bertz CT molecular complexity index is 108. The molecule has 60 valence electrons. The average Bonchev–Trinajstić information content (AvgIpc) is 2.35. The van der Waals surface area contributed by atoms with Crippen LogP contribution in [0.25, 0.3) is 0 Å². The smallest absolute Gasteiger partial charge is 0.0789 e. The third-order valence-corrected chi connectivity index (χ3v) is 3.98. The number of nitrogens with zero attached hydrogens (tertiary/aromatic N) is 1. The monoisotopic (exact) mass is 160 g/mol. The van der Waals surface area contributed by atoms with Crippen molar-refractivity contribution in [2.24, 2.45) is 5.73 Å². The first-order chi connectivity index (χ1) is 4.71. The summed E-state index contributed by atoms with van der Waals surface area (Å²) in [6.07, 6.45) is 2.57. The zero-order chi connectivity index (χ0) is 7.61. The van der Waals surface area contributed by atoms with Crippen molar-refractivity contribution in [2.45, 2.75) is 17.7 Å². The molecule has 1 atom stereocenters. The van der Waals surface area contributed by atoms with Crippen LogP contribution in [-0.4, -0.2) is 36.2 Å². The molecule has 1 rings (SSSR count). The fourth-order valence-corrected chi connectivity index (χ4v) is 2.71. The van der Waals surface area contributed by atoms with E-state index in [0.717, 1.165) is 6.54 Å². The molecule has 1 saturated heterocycles. The second-order valence-corrected chi connectivity index (χ2v) is 4.45. The summed E-state index contributed by atoms with van der Waals surface area (Å²) < 4.78 is 0. The van der Waals surface area contributed by atoms with Gasteiger partial charge in [0.2, 0.25) is 0 Å². The predicted molar refractivity (Wildman–Crippen MR) is 47.2 cm³/mol. The second kappa shape index (κ2) is 3.11. The van der Waals surface area contributed by atoms with Crippen LogP contribution in [0.3, 0.4) is 0 Å². The van der Waals surface area contributed by atoms with Gasteiger partial charge in [0, 0.05) is 6.54 Å². The van der Waals surface area contributed by atoms with E-state index in [1.165, 1.54) is 18.6 Å². The van der Waals surface area contributed by atoms with Crippen molar-refractivity contribution < 1.29 is 0 Å². The molecule has 1 heterocycles. The molecule has 0 aromatic heterocycles. The Morgan fingerprint density at radius 1 is 1.60 bits per heavy atom. The third kappa shape index (κ3) is 1.31. The molecule has 0 radical (unpaired) electrons. The molecular formula is C7H16N2S. The van der Waals surface area contributed by atoms with Gasteiger partial charge in [-0.1, -0.05) is 0 Å². The number of hydrogen-bond donors (Lipinski definition) is 1. The lowest BCUT2D eigenvalue weighted by Crippen LogP contribution is -2.45. The lowest BCUT2D eigenvalue weighted by Gasteiger charge is -2.33. The Kier molecular flexibility index (Phi) is 2.61. The highest BCUT2D eigenvalue weighted by Crippen LogP contribution is 2.38. The molecule has 10 heavy (non-hydrogen) atoms. The van der Waals surface area contributed by atoms with Crippen LogP contribution < -0.4 is 5.73 Å². The minimum absolute atomic E-state index is 0.264. The van der Waals surface area contributed by atoms with Crippen molar-refractivity contribution in [3.05, 3.63) is 0 Å². The van der Waals surface area contributed by atoms with Crippen molar-refractivity contribution in [3.8, 4) is 0 Å². The van der Waals surface area contributed by atoms with Crippen molar-refractivity contribution in [3.63, 3.8) is 0 Å². The molecule has 0 amide bonds. The molecule has 0 aromatic rings. The topological polar surface area (TPSA) is 29.3 Å². The summed E-state index contributed by atoms with van der Waals surface area (Å²) in [6, 6.07) is 0. The molecule has 0 aromatic carbocycles. The van der Waals surface area contributed by atoms with Gasteiger partial charge in [-0.15, -0.1) is 11.8 Å². The first kappa shape index (κ1) is 8.37. The zero-order valence-corrected chi connectivity index (χ0v) is 7.58. The van der Waals surface area contributed by atoms with E-state index in [-0.39, 0.29) is 4.87 Å². The zero-order valence-electron chi connectivity index (χ0n) is 6.76. The van der Waals surface area contributed by atoms with Gasteiger partial charge in [-0.2, -0.15) is 0 Å². The van der Waals surface area contributed by atoms with E-state index < -0.39 is 0 Å². The molecular weight excluding hydrogens is 144 g/mol. The molecule has 1 aliphatic heterocycles. The molecule has 2 nitrogen and oxygen atoms in total. The van der Waals surface area contributed by atoms with Crippen molar-refractivity contribution in [1.82, 2.24) is 4.90 Å². The first-order valence-corrected chi connectivity index (χ1v) is 4.71. The quantitative estimate of drug-likeness (QED) is 0.646. The van der Waals surface area contributed by atoms with Gasteiger partial charge in [0.1, 0.15) is 0 Å². The van der Waals surface area contributed by atoms with Gasteiger partial charge in [-0.25, -0.2) is 0 Å². The standard InChI is InChI=1S/C7H16N2S/c1-9(2)7(6-8)4-3-5-10-7/h3-6,8H2,1-2H3. The van der Waals surface area contributed by atoms with Crippen LogP contribution in [0.1, 0.15) is 12.8 Å². The average molecular weight is 160 g/mol. The maximum atomic E-state index is 5.71. The van der Waals surface area contributed by atoms with E-state index in [2.05, 4.69) is 19.0 Å². The number of rotatable bonds is 2. The molecule has 0 spiro atoms. The van der Waals surface area contributed by atoms with Gasteiger partial charge in [0.15, 0.2) is 0 Å². The molecule has 3 heteroatoms. The van der Waals surface area contributed by atoms with Crippen LogP contribution in [0, 0.1) is 0 Å². The number of likely N-dealkylation sites (N-methyl/N-ethyl adjacent to an activating group) is 1. The van der Waals surface area contributed by atoms with Gasteiger partial charge in [-0.3, -0.25) is 4.90 Å². The summed E-state index contributed by atoms with van der Waals surface area (Å²) in [6.45, 7) is 0.782. The first-order valence-electron chi connectivity index (χ1n) is 3.73. The summed E-state index contributed by atoms with van der Waals surface area (Å²) in [4.78, 5) is 2.52. The molecule has 0 bridgehead atoms. The highest BCUT2D eigenvalue weighted by atomic mass is 32.2. The van der Waals surface area contributed by atoms with Crippen molar-refractivity contribution in [1.29, 1.82) is 0 Å². The fraction of sp³-hybridized carbons (Fsp3) is 1.00. The van der Waals surface area contributed by atoms with Gasteiger partial charge in [0.25, 0.3) is 0 Å². The van der Waals surface area contributed by atoms with Gasteiger partial charge in [0.05, 0.1) is 4.87 Å². The van der Waals surface area contributed by atoms with E-state index in [1.807, 2.05) is 11.8 Å². The van der Waals surface area contributed by atoms with Crippen molar-refractivity contribution in [2.75, 3.05) is 26.4 Å². The second-order valence-electron chi connectivity index (χ2n) is 3.00. The molecule has 1 unspecified atom stereocenters. The Balaban J connectivity index is 2.58. The van der Waals surface area contributed by atoms with Crippen LogP contribution >= 0.6 is 11.8 Å². The lowest BCUT2D eigenvalue weighted by molar-refractivity contribution is 0.257. The Labute approximate surface area is 67.1 Å². The number of nitrogens with two attached hydrogens (primary N) is 1. The summed E-state index contributed by atoms with van der Waals surface area (Å²) in [5.41, 5.74) is 5.71. The van der Waals surface area contributed by atoms with Gasteiger partial charge < -0.3 is 5.73 Å². The third-order valence-electron chi connectivity index (χ3n) is 2.22. The Morgan fingerprint density at radius 3 is 2.50 bits per heavy atom. The van der Waals surface area contributed by atoms with E-state index in [1.54, 1.807) is 0 Å². The van der Waals surface area contributed by atoms with Gasteiger partial charge in [-0.05, 0) is 32.7 Å². The van der Waals surface area contributed by atoms with Crippen LogP contribution in [0.5, 0.6) is 0 Å². The Morgan fingerprint density at radius 2 is 2.30 bits per heavy atom. The maximum absolute atomic E-state index is 5.71. The molecule has 2 N–H and O–H groups in total. The molecule has 1 fully saturated rings. The van der Waals surface area contributed by atoms with E-state index in [4.69, 9.17) is 5.73 Å².